The second-order valence-corrected chi connectivity index (χ2v) is 8.12. The molecule has 0 radical (unpaired) electrons. The summed E-state index contributed by atoms with van der Waals surface area (Å²) in [6.45, 7) is 0.400. The van der Waals surface area contributed by atoms with E-state index in [9.17, 15) is 20.1 Å². The first-order valence-electron chi connectivity index (χ1n) is 10.9. The Morgan fingerprint density at radius 3 is 2.61 bits per heavy atom. The zero-order chi connectivity index (χ0) is 23.2. The largest absolute Gasteiger partial charge is 0.493 e. The van der Waals surface area contributed by atoms with Gasteiger partial charge in [-0.15, -0.1) is 0 Å². The van der Waals surface area contributed by atoms with E-state index in [0.29, 0.717) is 23.5 Å². The molecule has 1 aromatic heterocycles. The van der Waals surface area contributed by atoms with Crippen molar-refractivity contribution in [2.24, 2.45) is 10.9 Å². The SMILES string of the molecule is O=C(c1ccccc1)c1cccc(OC[C@@H]2CCCC[C@H]2N=c2cc([N+](=O)[O-])ccn2O)c1. The normalized spacial score (nSPS) is 18.6. The van der Waals surface area contributed by atoms with Crippen LogP contribution >= 0.6 is 0 Å². The molecule has 8 nitrogen and oxygen atoms in total. The van der Waals surface area contributed by atoms with E-state index < -0.39 is 4.92 Å². The molecule has 2 aromatic carbocycles. The molecular weight excluding hydrogens is 422 g/mol. The Morgan fingerprint density at radius 1 is 1.06 bits per heavy atom. The highest BCUT2D eigenvalue weighted by Crippen LogP contribution is 2.28. The molecule has 0 aliphatic heterocycles. The van der Waals surface area contributed by atoms with Crippen LogP contribution in [0.2, 0.25) is 0 Å². The van der Waals surface area contributed by atoms with Crippen LogP contribution in [-0.2, 0) is 0 Å². The minimum Gasteiger partial charge on any atom is -0.493 e. The van der Waals surface area contributed by atoms with Crippen molar-refractivity contribution in [3.8, 4) is 5.75 Å². The van der Waals surface area contributed by atoms with Crippen molar-refractivity contribution in [1.82, 2.24) is 4.73 Å². The Balaban J connectivity index is 1.49. The fraction of sp³-hybridized carbons (Fsp3) is 0.280. The number of nitro groups is 1. The number of hydrogen-bond donors (Lipinski definition) is 1. The third-order valence-electron chi connectivity index (χ3n) is 5.87. The van der Waals surface area contributed by atoms with Gasteiger partial charge in [-0.2, -0.15) is 4.73 Å². The molecule has 1 heterocycles. The Morgan fingerprint density at radius 2 is 1.82 bits per heavy atom. The molecule has 0 saturated heterocycles. The van der Waals surface area contributed by atoms with Gasteiger partial charge in [-0.3, -0.25) is 19.9 Å². The lowest BCUT2D eigenvalue weighted by Gasteiger charge is -2.28. The summed E-state index contributed by atoms with van der Waals surface area (Å²) in [6.07, 6.45) is 4.97. The molecule has 1 saturated carbocycles. The molecular formula is C25H25N3O5. The van der Waals surface area contributed by atoms with E-state index in [1.165, 1.54) is 18.3 Å². The first-order chi connectivity index (χ1) is 16.0. The minimum absolute atomic E-state index is 0.0650. The summed E-state index contributed by atoms with van der Waals surface area (Å²) in [5.74, 6) is 0.630. The van der Waals surface area contributed by atoms with Gasteiger partial charge in [0.2, 0.25) is 0 Å². The van der Waals surface area contributed by atoms with Gasteiger partial charge in [0.15, 0.2) is 11.3 Å². The third kappa shape index (κ3) is 5.46. The van der Waals surface area contributed by atoms with Crippen LogP contribution in [0.5, 0.6) is 5.75 Å². The summed E-state index contributed by atoms with van der Waals surface area (Å²) >= 11 is 0. The molecule has 0 spiro atoms. The summed E-state index contributed by atoms with van der Waals surface area (Å²) in [6, 6.07) is 18.6. The van der Waals surface area contributed by atoms with Crippen molar-refractivity contribution in [3.63, 3.8) is 0 Å². The van der Waals surface area contributed by atoms with E-state index in [1.54, 1.807) is 30.3 Å². The second kappa shape index (κ2) is 10.1. The van der Waals surface area contributed by atoms with Crippen LogP contribution < -0.4 is 10.2 Å². The van der Waals surface area contributed by atoms with E-state index >= 15 is 0 Å². The van der Waals surface area contributed by atoms with Crippen LogP contribution in [-0.4, -0.2) is 33.3 Å². The molecule has 0 unspecified atom stereocenters. The lowest BCUT2D eigenvalue weighted by atomic mass is 9.85. The van der Waals surface area contributed by atoms with Gasteiger partial charge >= 0.3 is 0 Å². The van der Waals surface area contributed by atoms with Crippen LogP contribution in [0.1, 0.15) is 41.6 Å². The van der Waals surface area contributed by atoms with Crippen molar-refractivity contribution in [3.05, 3.63) is 99.7 Å². The molecule has 1 fully saturated rings. The second-order valence-electron chi connectivity index (χ2n) is 8.12. The van der Waals surface area contributed by atoms with Crippen molar-refractivity contribution in [1.29, 1.82) is 0 Å². The van der Waals surface area contributed by atoms with Crippen molar-refractivity contribution < 1.29 is 19.7 Å². The van der Waals surface area contributed by atoms with Gasteiger partial charge in [0.25, 0.3) is 5.69 Å². The van der Waals surface area contributed by atoms with Crippen LogP contribution in [0, 0.1) is 16.0 Å². The van der Waals surface area contributed by atoms with Crippen molar-refractivity contribution in [2.75, 3.05) is 6.61 Å². The molecule has 1 N–H and O–H groups in total. The summed E-state index contributed by atoms with van der Waals surface area (Å²) < 4.78 is 6.85. The third-order valence-corrected chi connectivity index (χ3v) is 5.87. The summed E-state index contributed by atoms with van der Waals surface area (Å²) in [7, 11) is 0. The van der Waals surface area contributed by atoms with Gasteiger partial charge in [-0.05, 0) is 25.0 Å². The van der Waals surface area contributed by atoms with Crippen LogP contribution in [0.4, 0.5) is 5.69 Å². The van der Waals surface area contributed by atoms with Gasteiger partial charge in [-0.1, -0.05) is 55.3 Å². The van der Waals surface area contributed by atoms with E-state index in [1.807, 2.05) is 24.3 Å². The fourth-order valence-electron chi connectivity index (χ4n) is 4.09. The maximum absolute atomic E-state index is 12.7. The smallest absolute Gasteiger partial charge is 0.274 e. The van der Waals surface area contributed by atoms with E-state index in [2.05, 4.69) is 4.99 Å². The topological polar surface area (TPSA) is 107 Å². The Bertz CT molecular complexity index is 1210. The van der Waals surface area contributed by atoms with Gasteiger partial charge in [-0.25, -0.2) is 0 Å². The predicted octanol–water partition coefficient (Wildman–Crippen LogP) is 4.40. The predicted molar refractivity (Wildman–Crippen MR) is 121 cm³/mol. The maximum Gasteiger partial charge on any atom is 0.274 e. The molecule has 0 bridgehead atoms. The van der Waals surface area contributed by atoms with E-state index in [0.717, 1.165) is 30.4 Å². The average molecular weight is 447 g/mol. The number of benzene rings is 2. The van der Waals surface area contributed by atoms with E-state index in [-0.39, 0.29) is 28.9 Å². The number of aromatic nitrogens is 1. The van der Waals surface area contributed by atoms with Gasteiger partial charge in [0.1, 0.15) is 5.75 Å². The van der Waals surface area contributed by atoms with Gasteiger partial charge < -0.3 is 9.94 Å². The molecule has 4 rings (SSSR count). The highest BCUT2D eigenvalue weighted by molar-refractivity contribution is 6.09. The van der Waals surface area contributed by atoms with Gasteiger partial charge in [0.05, 0.1) is 29.8 Å². The van der Waals surface area contributed by atoms with Crippen molar-refractivity contribution >= 4 is 11.5 Å². The van der Waals surface area contributed by atoms with Crippen LogP contribution in [0.15, 0.2) is 77.9 Å². The molecule has 3 aromatic rings. The van der Waals surface area contributed by atoms with Crippen LogP contribution in [0.3, 0.4) is 0 Å². The molecule has 33 heavy (non-hydrogen) atoms. The number of hydrogen-bond acceptors (Lipinski definition) is 6. The average Bonchev–Trinajstić information content (AvgIpc) is 2.85. The van der Waals surface area contributed by atoms with Gasteiger partial charge in [0, 0.05) is 23.1 Å². The van der Waals surface area contributed by atoms with E-state index in [4.69, 9.17) is 4.74 Å². The number of carbonyl (C=O) groups excluding carboxylic acids is 1. The molecule has 170 valence electrons. The number of carbonyl (C=O) groups is 1. The highest BCUT2D eigenvalue weighted by Gasteiger charge is 2.26. The number of ketones is 1. The Hall–Kier alpha value is -3.94. The lowest BCUT2D eigenvalue weighted by Crippen LogP contribution is -2.32. The Kier molecular flexibility index (Phi) is 6.83. The number of nitrogens with zero attached hydrogens (tertiary/aromatic N) is 3. The molecule has 0 amide bonds. The molecule has 1 aliphatic carbocycles. The molecule has 1 aliphatic rings. The molecule has 8 heteroatoms. The standard InChI is InChI=1S/C25H25N3O5/c29-25(18-7-2-1-3-8-18)19-10-6-11-22(15-19)33-17-20-9-4-5-12-23(20)26-24-16-21(28(31)32)13-14-27(24)30/h1-3,6-8,10-11,13-16,20,23,30H,4-5,9,12,17H2/t20-,23+/m0/s1. The summed E-state index contributed by atoms with van der Waals surface area (Å²) in [4.78, 5) is 27.9. The fourth-order valence-corrected chi connectivity index (χ4v) is 4.09. The zero-order valence-electron chi connectivity index (χ0n) is 18.0. The lowest BCUT2D eigenvalue weighted by molar-refractivity contribution is -0.385. The minimum atomic E-state index is -0.510. The summed E-state index contributed by atoms with van der Waals surface area (Å²) in [5.41, 5.74) is 1.20. The highest BCUT2D eigenvalue weighted by atomic mass is 16.6. The number of rotatable bonds is 7. The first kappa shape index (κ1) is 22.3. The zero-order valence-corrected chi connectivity index (χ0v) is 18.0. The quantitative estimate of drug-likeness (QED) is 0.250. The summed E-state index contributed by atoms with van der Waals surface area (Å²) in [5, 5.41) is 21.1. The van der Waals surface area contributed by atoms with Crippen molar-refractivity contribution in [2.45, 2.75) is 31.7 Å². The number of pyridine rings is 1. The van der Waals surface area contributed by atoms with Crippen LogP contribution in [0.25, 0.3) is 0 Å². The molecule has 2 atom stereocenters. The maximum atomic E-state index is 12.7. The number of ether oxygens (including phenoxy) is 1. The monoisotopic (exact) mass is 447 g/mol. The Labute approximate surface area is 190 Å². The first-order valence-corrected chi connectivity index (χ1v) is 10.9.